The zero-order chi connectivity index (χ0) is 13.9. The van der Waals surface area contributed by atoms with E-state index in [4.69, 9.17) is 5.73 Å². The number of hydrogen-bond acceptors (Lipinski definition) is 2. The Morgan fingerprint density at radius 3 is 2.39 bits per heavy atom. The molecule has 1 atom stereocenters. The summed E-state index contributed by atoms with van der Waals surface area (Å²) in [5.41, 5.74) is 8.66. The fourth-order valence-corrected chi connectivity index (χ4v) is 2.62. The van der Waals surface area contributed by atoms with Crippen LogP contribution in [0.4, 0.5) is 5.69 Å². The molecule has 2 N–H and O–H groups in total. The molecule has 0 spiro atoms. The third-order valence-corrected chi connectivity index (χ3v) is 3.47. The van der Waals surface area contributed by atoms with Crippen LogP contribution in [-0.2, 0) is 6.42 Å². The molecule has 0 fully saturated rings. The van der Waals surface area contributed by atoms with Gasteiger partial charge in [-0.2, -0.15) is 0 Å². The van der Waals surface area contributed by atoms with Crippen molar-refractivity contribution in [3.8, 4) is 0 Å². The van der Waals surface area contributed by atoms with Crippen LogP contribution in [0.5, 0.6) is 0 Å². The van der Waals surface area contributed by atoms with Crippen LogP contribution in [0, 0.1) is 5.41 Å². The van der Waals surface area contributed by atoms with Crippen molar-refractivity contribution in [3.63, 3.8) is 0 Å². The smallest absolute Gasteiger partial charge is 0.0375 e. The Balaban J connectivity index is 2.83. The number of nitrogens with zero attached hydrogens (tertiary/aromatic N) is 1. The van der Waals surface area contributed by atoms with Crippen LogP contribution >= 0.6 is 15.9 Å². The Labute approximate surface area is 120 Å². The fraction of sp³-hybridized carbons (Fsp3) is 0.600. The first kappa shape index (κ1) is 15.5. The zero-order valence-corrected chi connectivity index (χ0v) is 13.7. The summed E-state index contributed by atoms with van der Waals surface area (Å²) in [6.07, 6.45) is 0.907. The van der Waals surface area contributed by atoms with Gasteiger partial charge in [0.2, 0.25) is 0 Å². The van der Waals surface area contributed by atoms with Crippen LogP contribution in [0.2, 0.25) is 0 Å². The van der Waals surface area contributed by atoms with E-state index in [0.717, 1.165) is 17.4 Å². The van der Waals surface area contributed by atoms with Gasteiger partial charge in [-0.3, -0.25) is 0 Å². The molecule has 102 valence electrons. The highest BCUT2D eigenvalue weighted by atomic mass is 79.9. The second-order valence-electron chi connectivity index (χ2n) is 6.37. The summed E-state index contributed by atoms with van der Waals surface area (Å²) in [4.78, 5) is 2.29. The third kappa shape index (κ3) is 4.99. The molecule has 0 heterocycles. The normalized spacial score (nSPS) is 13.5. The van der Waals surface area contributed by atoms with Gasteiger partial charge < -0.3 is 10.6 Å². The van der Waals surface area contributed by atoms with E-state index in [-0.39, 0.29) is 6.04 Å². The summed E-state index contributed by atoms with van der Waals surface area (Å²) in [5, 5.41) is 0. The quantitative estimate of drug-likeness (QED) is 0.915. The predicted molar refractivity (Wildman–Crippen MR) is 84.2 cm³/mol. The second-order valence-corrected chi connectivity index (χ2v) is 7.23. The largest absolute Gasteiger partial charge is 0.374 e. The van der Waals surface area contributed by atoms with Gasteiger partial charge >= 0.3 is 0 Å². The Hall–Kier alpha value is -0.540. The summed E-state index contributed by atoms with van der Waals surface area (Å²) in [7, 11) is 2.14. The molecule has 0 amide bonds. The summed E-state index contributed by atoms with van der Waals surface area (Å²) >= 11 is 3.64. The van der Waals surface area contributed by atoms with Gasteiger partial charge in [0, 0.05) is 29.8 Å². The lowest BCUT2D eigenvalue weighted by Crippen LogP contribution is -2.29. The molecule has 0 saturated carbocycles. The minimum absolute atomic E-state index is 0.194. The third-order valence-electron chi connectivity index (χ3n) is 2.73. The minimum atomic E-state index is 0.194. The van der Waals surface area contributed by atoms with Gasteiger partial charge in [0.15, 0.2) is 0 Å². The molecule has 1 rings (SSSR count). The van der Waals surface area contributed by atoms with Gasteiger partial charge in [-0.15, -0.1) is 0 Å². The number of rotatable bonds is 4. The molecule has 0 saturated heterocycles. The van der Waals surface area contributed by atoms with E-state index in [1.165, 1.54) is 11.3 Å². The molecule has 1 aromatic rings. The van der Waals surface area contributed by atoms with Crippen molar-refractivity contribution < 1.29 is 0 Å². The topological polar surface area (TPSA) is 29.3 Å². The van der Waals surface area contributed by atoms with Crippen molar-refractivity contribution in [2.24, 2.45) is 11.1 Å². The van der Waals surface area contributed by atoms with Crippen LogP contribution in [-0.4, -0.2) is 19.6 Å². The van der Waals surface area contributed by atoms with Crippen LogP contribution in [0.1, 0.15) is 33.3 Å². The molecule has 0 radical (unpaired) electrons. The summed E-state index contributed by atoms with van der Waals surface area (Å²) in [5.74, 6) is 0. The van der Waals surface area contributed by atoms with Gasteiger partial charge in [0.05, 0.1) is 0 Å². The van der Waals surface area contributed by atoms with Gasteiger partial charge in [-0.05, 0) is 36.5 Å². The van der Waals surface area contributed by atoms with Crippen LogP contribution in [0.25, 0.3) is 0 Å². The lowest BCUT2D eigenvalue weighted by atomic mass is 9.96. The predicted octanol–water partition coefficient (Wildman–Crippen LogP) is 3.82. The summed E-state index contributed by atoms with van der Waals surface area (Å²) in [6, 6.07) is 6.72. The lowest BCUT2D eigenvalue weighted by molar-refractivity contribution is 0.419. The molecule has 0 aliphatic rings. The van der Waals surface area contributed by atoms with Crippen molar-refractivity contribution in [1.29, 1.82) is 0 Å². The first-order valence-electron chi connectivity index (χ1n) is 6.44. The Bertz CT molecular complexity index is 394. The maximum absolute atomic E-state index is 5.84. The number of nitrogens with two attached hydrogens (primary N) is 1. The van der Waals surface area contributed by atoms with Crippen LogP contribution in [0.3, 0.4) is 0 Å². The van der Waals surface area contributed by atoms with E-state index < -0.39 is 0 Å². The minimum Gasteiger partial charge on any atom is -0.374 e. The molecule has 0 aromatic heterocycles. The maximum atomic E-state index is 5.84. The van der Waals surface area contributed by atoms with Gasteiger partial charge in [-0.1, -0.05) is 42.8 Å². The Morgan fingerprint density at radius 2 is 1.94 bits per heavy atom. The zero-order valence-electron chi connectivity index (χ0n) is 12.1. The molecule has 18 heavy (non-hydrogen) atoms. The van der Waals surface area contributed by atoms with E-state index in [0.29, 0.717) is 5.41 Å². The number of benzene rings is 1. The molecule has 0 aliphatic heterocycles. The highest BCUT2D eigenvalue weighted by Gasteiger charge is 2.14. The monoisotopic (exact) mass is 312 g/mol. The standard InChI is InChI=1S/C15H25BrN2/c1-11(17)8-12-6-7-13(9-14(12)16)18(5)10-15(2,3)4/h6-7,9,11H,8,10,17H2,1-5H3. The molecule has 3 heteroatoms. The van der Waals surface area contributed by atoms with Crippen LogP contribution in [0.15, 0.2) is 22.7 Å². The molecule has 0 bridgehead atoms. The molecule has 0 aliphatic carbocycles. The summed E-state index contributed by atoms with van der Waals surface area (Å²) < 4.78 is 1.15. The van der Waals surface area contributed by atoms with Crippen molar-refractivity contribution in [1.82, 2.24) is 0 Å². The van der Waals surface area contributed by atoms with Gasteiger partial charge in [0.25, 0.3) is 0 Å². The molecule has 1 aromatic carbocycles. The number of halogens is 1. The van der Waals surface area contributed by atoms with E-state index in [2.05, 4.69) is 66.8 Å². The van der Waals surface area contributed by atoms with Crippen LogP contribution < -0.4 is 10.6 Å². The first-order valence-corrected chi connectivity index (χ1v) is 7.23. The average Bonchev–Trinajstić information content (AvgIpc) is 2.17. The molecular formula is C15H25BrN2. The fourth-order valence-electron chi connectivity index (χ4n) is 2.09. The number of anilines is 1. The Morgan fingerprint density at radius 1 is 1.33 bits per heavy atom. The Kier molecular flexibility index (Phi) is 5.23. The molecule has 2 nitrogen and oxygen atoms in total. The molecule has 1 unspecified atom stereocenters. The average molecular weight is 313 g/mol. The molecular weight excluding hydrogens is 288 g/mol. The van der Waals surface area contributed by atoms with Crippen molar-refractivity contribution >= 4 is 21.6 Å². The first-order chi connectivity index (χ1) is 8.19. The summed E-state index contributed by atoms with van der Waals surface area (Å²) in [6.45, 7) is 9.83. The van der Waals surface area contributed by atoms with E-state index >= 15 is 0 Å². The number of hydrogen-bond donors (Lipinski definition) is 1. The maximum Gasteiger partial charge on any atom is 0.0375 e. The van der Waals surface area contributed by atoms with E-state index in [1.807, 2.05) is 6.92 Å². The highest BCUT2D eigenvalue weighted by Crippen LogP contribution is 2.26. The lowest BCUT2D eigenvalue weighted by Gasteiger charge is -2.28. The van der Waals surface area contributed by atoms with E-state index in [1.54, 1.807) is 0 Å². The SMILES string of the molecule is CC(N)Cc1ccc(N(C)CC(C)(C)C)cc1Br. The van der Waals surface area contributed by atoms with Crippen molar-refractivity contribution in [2.75, 3.05) is 18.5 Å². The van der Waals surface area contributed by atoms with Crippen molar-refractivity contribution in [2.45, 2.75) is 40.2 Å². The highest BCUT2D eigenvalue weighted by molar-refractivity contribution is 9.10. The van der Waals surface area contributed by atoms with Crippen molar-refractivity contribution in [3.05, 3.63) is 28.2 Å². The van der Waals surface area contributed by atoms with E-state index in [9.17, 15) is 0 Å². The van der Waals surface area contributed by atoms with Gasteiger partial charge in [0.1, 0.15) is 0 Å². The second kappa shape index (κ2) is 6.07. The van der Waals surface area contributed by atoms with Gasteiger partial charge in [-0.25, -0.2) is 0 Å².